The van der Waals surface area contributed by atoms with Gasteiger partial charge in [-0.15, -0.1) is 0 Å². The third-order valence-electron chi connectivity index (χ3n) is 5.49. The van der Waals surface area contributed by atoms with Crippen molar-refractivity contribution in [1.29, 1.82) is 0 Å². The number of carbonyl (C=O) groups is 1. The minimum absolute atomic E-state index is 0.451. The fourth-order valence-corrected chi connectivity index (χ4v) is 3.74. The highest BCUT2D eigenvalue weighted by Crippen LogP contribution is 2.35. The van der Waals surface area contributed by atoms with Gasteiger partial charge in [-0.05, 0) is 53.9 Å². The molecule has 0 fully saturated rings. The van der Waals surface area contributed by atoms with Crippen molar-refractivity contribution in [2.45, 2.75) is 13.5 Å². The fraction of sp³-hybridized carbons (Fsp3) is 0.0690. The molecular formula is C29H26N4O. The van der Waals surface area contributed by atoms with E-state index in [9.17, 15) is 4.79 Å². The standard InChI is InChI=1S/C29H26N4O/c1-20(23-12-8-13-24(18-23)29(30)34)33-27-16-9-15-26(22-10-4-3-5-11-22)28(27)21(2)32-19-25-14-6-7-17-31-25/h3-18,32H,2,19H2,1H3,(H2,30,34). The number of amides is 1. The molecule has 0 spiro atoms. The highest BCUT2D eigenvalue weighted by Gasteiger charge is 2.14. The van der Waals surface area contributed by atoms with Crippen LogP contribution in [0.15, 0.2) is 109 Å². The van der Waals surface area contributed by atoms with Gasteiger partial charge in [-0.25, -0.2) is 0 Å². The molecule has 34 heavy (non-hydrogen) atoms. The van der Waals surface area contributed by atoms with Gasteiger partial charge in [0.25, 0.3) is 0 Å². The first-order chi connectivity index (χ1) is 16.5. The van der Waals surface area contributed by atoms with Gasteiger partial charge < -0.3 is 11.1 Å². The molecule has 0 radical (unpaired) electrons. The van der Waals surface area contributed by atoms with Gasteiger partial charge in [0.1, 0.15) is 0 Å². The van der Waals surface area contributed by atoms with E-state index in [0.717, 1.165) is 45.0 Å². The van der Waals surface area contributed by atoms with Crippen LogP contribution in [0.25, 0.3) is 16.8 Å². The predicted octanol–water partition coefficient (Wildman–Crippen LogP) is 5.75. The van der Waals surface area contributed by atoms with Gasteiger partial charge in [0, 0.05) is 28.7 Å². The van der Waals surface area contributed by atoms with E-state index in [4.69, 9.17) is 10.7 Å². The van der Waals surface area contributed by atoms with E-state index in [2.05, 4.69) is 35.1 Å². The van der Waals surface area contributed by atoms with Crippen LogP contribution in [0.3, 0.4) is 0 Å². The second kappa shape index (κ2) is 10.4. The van der Waals surface area contributed by atoms with E-state index in [1.54, 1.807) is 18.3 Å². The predicted molar refractivity (Wildman–Crippen MR) is 139 cm³/mol. The lowest BCUT2D eigenvalue weighted by atomic mass is 9.96. The molecule has 3 aromatic carbocycles. The van der Waals surface area contributed by atoms with E-state index < -0.39 is 5.91 Å². The number of nitrogens with zero attached hydrogens (tertiary/aromatic N) is 2. The van der Waals surface area contributed by atoms with Crippen LogP contribution in [0.4, 0.5) is 5.69 Å². The number of carbonyl (C=O) groups excluding carboxylic acids is 1. The second-order valence-electron chi connectivity index (χ2n) is 7.86. The summed E-state index contributed by atoms with van der Waals surface area (Å²) in [6.45, 7) is 6.80. The van der Waals surface area contributed by atoms with Crippen molar-refractivity contribution in [3.05, 3.63) is 126 Å². The molecule has 0 saturated carbocycles. The summed E-state index contributed by atoms with van der Waals surface area (Å²) < 4.78 is 0. The topological polar surface area (TPSA) is 80.4 Å². The third-order valence-corrected chi connectivity index (χ3v) is 5.49. The summed E-state index contributed by atoms with van der Waals surface area (Å²) in [6, 6.07) is 29.2. The number of nitrogens with one attached hydrogen (secondary N) is 1. The maximum atomic E-state index is 11.6. The fourth-order valence-electron chi connectivity index (χ4n) is 3.74. The van der Waals surface area contributed by atoms with Crippen LogP contribution in [0.1, 0.15) is 34.1 Å². The summed E-state index contributed by atoms with van der Waals surface area (Å²) in [5, 5.41) is 3.42. The Bertz CT molecular complexity index is 1350. The van der Waals surface area contributed by atoms with Gasteiger partial charge in [0.2, 0.25) is 5.91 Å². The van der Waals surface area contributed by atoms with Gasteiger partial charge in [0.15, 0.2) is 0 Å². The molecule has 1 heterocycles. The molecule has 4 rings (SSSR count). The van der Waals surface area contributed by atoms with Crippen LogP contribution < -0.4 is 11.1 Å². The highest BCUT2D eigenvalue weighted by atomic mass is 16.1. The number of aromatic nitrogens is 1. The third kappa shape index (κ3) is 5.27. The SMILES string of the molecule is C=C(NCc1ccccn1)c1c(N=C(C)c2cccc(C(N)=O)c2)cccc1-c1ccccc1. The quantitative estimate of drug-likeness (QED) is 0.338. The molecule has 0 bridgehead atoms. The zero-order valence-corrected chi connectivity index (χ0v) is 19.0. The zero-order valence-electron chi connectivity index (χ0n) is 19.0. The molecular weight excluding hydrogens is 420 g/mol. The van der Waals surface area contributed by atoms with Crippen molar-refractivity contribution in [3.8, 4) is 11.1 Å². The van der Waals surface area contributed by atoms with Gasteiger partial charge in [-0.1, -0.05) is 67.2 Å². The molecule has 0 atom stereocenters. The smallest absolute Gasteiger partial charge is 0.248 e. The first-order valence-electron chi connectivity index (χ1n) is 11.0. The zero-order chi connectivity index (χ0) is 23.9. The average molecular weight is 447 g/mol. The molecule has 0 saturated heterocycles. The van der Waals surface area contributed by atoms with Crippen molar-refractivity contribution >= 4 is 23.0 Å². The Kier molecular flexibility index (Phi) is 6.94. The maximum Gasteiger partial charge on any atom is 0.248 e. The largest absolute Gasteiger partial charge is 0.379 e. The lowest BCUT2D eigenvalue weighted by molar-refractivity contribution is 0.100. The van der Waals surface area contributed by atoms with Crippen molar-refractivity contribution < 1.29 is 4.79 Å². The number of nitrogens with two attached hydrogens (primary N) is 1. The van der Waals surface area contributed by atoms with Crippen LogP contribution in [-0.2, 0) is 6.54 Å². The number of hydrogen-bond donors (Lipinski definition) is 2. The molecule has 0 aliphatic carbocycles. The molecule has 0 unspecified atom stereocenters. The van der Waals surface area contributed by atoms with Gasteiger partial charge in [0.05, 0.1) is 17.9 Å². The maximum absolute atomic E-state index is 11.6. The Balaban J connectivity index is 1.76. The Hall–Kier alpha value is -4.51. The summed E-state index contributed by atoms with van der Waals surface area (Å²) in [4.78, 5) is 21.0. The normalized spacial score (nSPS) is 11.1. The molecule has 168 valence electrons. The molecule has 4 aromatic rings. The van der Waals surface area contributed by atoms with E-state index in [1.165, 1.54) is 0 Å². The average Bonchev–Trinajstić information content (AvgIpc) is 2.88. The Morgan fingerprint density at radius 3 is 2.41 bits per heavy atom. The van der Waals surface area contributed by atoms with E-state index in [-0.39, 0.29) is 0 Å². The Morgan fingerprint density at radius 1 is 0.941 bits per heavy atom. The van der Waals surface area contributed by atoms with Crippen LogP contribution in [0, 0.1) is 0 Å². The number of hydrogen-bond acceptors (Lipinski definition) is 4. The minimum atomic E-state index is -0.464. The highest BCUT2D eigenvalue weighted by molar-refractivity contribution is 6.03. The van der Waals surface area contributed by atoms with Crippen LogP contribution in [0.5, 0.6) is 0 Å². The summed E-state index contributed by atoms with van der Waals surface area (Å²) in [7, 11) is 0. The molecule has 5 nitrogen and oxygen atoms in total. The molecule has 1 aromatic heterocycles. The molecule has 5 heteroatoms. The minimum Gasteiger partial charge on any atom is -0.379 e. The van der Waals surface area contributed by atoms with Crippen molar-refractivity contribution in [1.82, 2.24) is 10.3 Å². The van der Waals surface area contributed by atoms with E-state index in [1.807, 2.05) is 67.6 Å². The first kappa shape index (κ1) is 22.7. The van der Waals surface area contributed by atoms with Crippen LogP contribution in [-0.4, -0.2) is 16.6 Å². The van der Waals surface area contributed by atoms with E-state index in [0.29, 0.717) is 12.1 Å². The Labute approximate surface area is 199 Å². The first-order valence-corrected chi connectivity index (χ1v) is 11.0. The van der Waals surface area contributed by atoms with Crippen LogP contribution in [0.2, 0.25) is 0 Å². The van der Waals surface area contributed by atoms with Gasteiger partial charge in [-0.2, -0.15) is 0 Å². The number of aliphatic imine (C=N–C) groups is 1. The summed E-state index contributed by atoms with van der Waals surface area (Å²) in [5.41, 5.74) is 13.0. The molecule has 1 amide bonds. The van der Waals surface area contributed by atoms with Crippen LogP contribution >= 0.6 is 0 Å². The Morgan fingerprint density at radius 2 is 1.68 bits per heavy atom. The summed E-state index contributed by atoms with van der Waals surface area (Å²) >= 11 is 0. The van der Waals surface area contributed by atoms with Crippen molar-refractivity contribution in [2.24, 2.45) is 10.7 Å². The van der Waals surface area contributed by atoms with E-state index >= 15 is 0 Å². The lowest BCUT2D eigenvalue weighted by Gasteiger charge is -2.17. The number of benzene rings is 3. The lowest BCUT2D eigenvalue weighted by Crippen LogP contribution is -2.13. The summed E-state index contributed by atoms with van der Waals surface area (Å²) in [6.07, 6.45) is 1.77. The van der Waals surface area contributed by atoms with Gasteiger partial charge in [-0.3, -0.25) is 14.8 Å². The number of pyridine rings is 1. The summed E-state index contributed by atoms with van der Waals surface area (Å²) in [5.74, 6) is -0.464. The van der Waals surface area contributed by atoms with Crippen molar-refractivity contribution in [3.63, 3.8) is 0 Å². The van der Waals surface area contributed by atoms with Crippen molar-refractivity contribution in [2.75, 3.05) is 0 Å². The number of rotatable bonds is 8. The number of primary amides is 1. The second-order valence-corrected chi connectivity index (χ2v) is 7.86. The molecule has 0 aliphatic rings. The van der Waals surface area contributed by atoms with Gasteiger partial charge >= 0.3 is 0 Å². The molecule has 0 aliphatic heterocycles. The molecule has 3 N–H and O–H groups in total. The monoisotopic (exact) mass is 446 g/mol.